The molecule has 0 amide bonds. The Hall–Kier alpha value is -0.700. The molecule has 0 spiro atoms. The van der Waals surface area contributed by atoms with Crippen LogP contribution in [0.25, 0.3) is 0 Å². The van der Waals surface area contributed by atoms with E-state index in [2.05, 4.69) is 0 Å². The summed E-state index contributed by atoms with van der Waals surface area (Å²) in [6.07, 6.45) is 1.13. The first kappa shape index (κ1) is 12.3. The van der Waals surface area contributed by atoms with Crippen molar-refractivity contribution < 1.29 is 14.3 Å². The van der Waals surface area contributed by atoms with Crippen LogP contribution in [-0.2, 0) is 14.3 Å². The molecule has 0 radical (unpaired) electrons. The smallest absolute Gasteiger partial charge is 0.140 e. The number of hydrogen-bond acceptors (Lipinski definition) is 3. The molecule has 0 fully saturated rings. The van der Waals surface area contributed by atoms with E-state index in [4.69, 9.17) is 4.74 Å². The van der Waals surface area contributed by atoms with Gasteiger partial charge < -0.3 is 4.74 Å². The highest BCUT2D eigenvalue weighted by molar-refractivity contribution is 5.97. The van der Waals surface area contributed by atoms with Crippen molar-refractivity contribution in [3.63, 3.8) is 0 Å². The van der Waals surface area contributed by atoms with Crippen molar-refractivity contribution in [1.29, 1.82) is 0 Å². The monoisotopic (exact) mass is 186 g/mol. The van der Waals surface area contributed by atoms with E-state index in [0.717, 1.165) is 0 Å². The van der Waals surface area contributed by atoms with Gasteiger partial charge in [0.2, 0.25) is 0 Å². The van der Waals surface area contributed by atoms with E-state index in [1.54, 1.807) is 7.11 Å². The fourth-order valence-electron chi connectivity index (χ4n) is 0.909. The number of Topliss-reactive ketones (excluding diaryl/α,β-unsaturated/α-hetero) is 2. The first-order valence-electron chi connectivity index (χ1n) is 4.43. The molecular weight excluding hydrogens is 168 g/mol. The van der Waals surface area contributed by atoms with Gasteiger partial charge in [-0.1, -0.05) is 0 Å². The van der Waals surface area contributed by atoms with Gasteiger partial charge in [0.15, 0.2) is 0 Å². The molecule has 0 aliphatic carbocycles. The molecule has 76 valence electrons. The highest BCUT2D eigenvalue weighted by atomic mass is 16.5. The van der Waals surface area contributed by atoms with E-state index >= 15 is 0 Å². The van der Waals surface area contributed by atoms with Gasteiger partial charge in [0, 0.05) is 13.5 Å². The molecule has 0 aliphatic heterocycles. The van der Waals surface area contributed by atoms with Crippen LogP contribution in [0.4, 0.5) is 0 Å². The standard InChI is InChI=1S/C10H18O3/c1-8(11)7-9(12)5-6-10(2,3)13-4/h5-7H2,1-4H3. The number of carbonyl (C=O) groups excluding carboxylic acids is 2. The van der Waals surface area contributed by atoms with Crippen LogP contribution in [0, 0.1) is 0 Å². The number of carbonyl (C=O) groups is 2. The molecule has 0 saturated carbocycles. The molecule has 0 aromatic rings. The van der Waals surface area contributed by atoms with Crippen molar-refractivity contribution in [2.45, 2.75) is 45.6 Å². The predicted molar refractivity (Wildman–Crippen MR) is 50.6 cm³/mol. The first-order valence-corrected chi connectivity index (χ1v) is 4.43. The maximum absolute atomic E-state index is 11.1. The summed E-state index contributed by atoms with van der Waals surface area (Å²) in [4.78, 5) is 21.7. The Labute approximate surface area is 79.5 Å². The topological polar surface area (TPSA) is 43.4 Å². The third-order valence-corrected chi connectivity index (χ3v) is 2.00. The minimum atomic E-state index is -0.271. The van der Waals surface area contributed by atoms with Gasteiger partial charge in [0.05, 0.1) is 12.0 Å². The van der Waals surface area contributed by atoms with E-state index in [0.29, 0.717) is 12.8 Å². The molecule has 0 heterocycles. The summed E-state index contributed by atoms with van der Waals surface area (Å²) in [6, 6.07) is 0. The van der Waals surface area contributed by atoms with Crippen molar-refractivity contribution in [3.8, 4) is 0 Å². The fourth-order valence-corrected chi connectivity index (χ4v) is 0.909. The number of rotatable bonds is 6. The third-order valence-electron chi connectivity index (χ3n) is 2.00. The second kappa shape index (κ2) is 5.12. The molecule has 0 aromatic carbocycles. The van der Waals surface area contributed by atoms with Crippen molar-refractivity contribution in [2.75, 3.05) is 7.11 Å². The first-order chi connectivity index (χ1) is 5.87. The SMILES string of the molecule is COC(C)(C)CCC(=O)CC(C)=O. The van der Waals surface area contributed by atoms with Crippen molar-refractivity contribution in [2.24, 2.45) is 0 Å². The molecule has 0 unspecified atom stereocenters. The van der Waals surface area contributed by atoms with Gasteiger partial charge in [-0.05, 0) is 27.2 Å². The molecule has 0 aromatic heterocycles. The van der Waals surface area contributed by atoms with Crippen LogP contribution in [-0.4, -0.2) is 24.3 Å². The summed E-state index contributed by atoms with van der Waals surface area (Å²) in [6.45, 7) is 5.28. The number of ketones is 2. The Bertz CT molecular complexity index is 194. The van der Waals surface area contributed by atoms with E-state index in [9.17, 15) is 9.59 Å². The Morgan fingerprint density at radius 2 is 1.85 bits per heavy atom. The van der Waals surface area contributed by atoms with Gasteiger partial charge in [-0.3, -0.25) is 9.59 Å². The molecule has 0 aliphatic rings. The normalized spacial score (nSPS) is 11.4. The largest absolute Gasteiger partial charge is 0.379 e. The number of ether oxygens (including phenoxy) is 1. The predicted octanol–water partition coefficient (Wildman–Crippen LogP) is 1.74. The van der Waals surface area contributed by atoms with E-state index in [1.807, 2.05) is 13.8 Å². The second-order valence-corrected chi connectivity index (χ2v) is 3.88. The van der Waals surface area contributed by atoms with Gasteiger partial charge in [-0.2, -0.15) is 0 Å². The van der Waals surface area contributed by atoms with Crippen LogP contribution in [0.3, 0.4) is 0 Å². The summed E-state index contributed by atoms with van der Waals surface area (Å²) < 4.78 is 5.16. The lowest BCUT2D eigenvalue weighted by Gasteiger charge is -2.21. The molecule has 3 nitrogen and oxygen atoms in total. The van der Waals surface area contributed by atoms with Crippen LogP contribution in [0.5, 0.6) is 0 Å². The highest BCUT2D eigenvalue weighted by Crippen LogP contribution is 2.15. The third kappa shape index (κ3) is 6.46. The lowest BCUT2D eigenvalue weighted by Crippen LogP contribution is -2.23. The molecule has 0 N–H and O–H groups in total. The average molecular weight is 186 g/mol. The summed E-state index contributed by atoms with van der Waals surface area (Å²) >= 11 is 0. The Kier molecular flexibility index (Phi) is 4.85. The lowest BCUT2D eigenvalue weighted by molar-refractivity contribution is -0.126. The zero-order valence-electron chi connectivity index (χ0n) is 8.85. The lowest BCUT2D eigenvalue weighted by atomic mass is 9.99. The van der Waals surface area contributed by atoms with Crippen LogP contribution in [0.15, 0.2) is 0 Å². The van der Waals surface area contributed by atoms with E-state index < -0.39 is 0 Å². The molecular formula is C10H18O3. The van der Waals surface area contributed by atoms with Gasteiger partial charge in [0.25, 0.3) is 0 Å². The van der Waals surface area contributed by atoms with Gasteiger partial charge >= 0.3 is 0 Å². The molecule has 0 rings (SSSR count). The summed E-state index contributed by atoms with van der Waals surface area (Å²) in [5.41, 5.74) is -0.271. The van der Waals surface area contributed by atoms with E-state index in [-0.39, 0.29) is 23.6 Å². The van der Waals surface area contributed by atoms with Gasteiger partial charge in [-0.25, -0.2) is 0 Å². The fraction of sp³-hybridized carbons (Fsp3) is 0.800. The Balaban J connectivity index is 3.76. The summed E-state index contributed by atoms with van der Waals surface area (Å²) in [5.74, 6) is -0.0714. The maximum atomic E-state index is 11.1. The molecule has 0 saturated heterocycles. The molecule has 3 heteroatoms. The van der Waals surface area contributed by atoms with Crippen molar-refractivity contribution in [1.82, 2.24) is 0 Å². The van der Waals surface area contributed by atoms with Crippen LogP contribution < -0.4 is 0 Å². The van der Waals surface area contributed by atoms with E-state index in [1.165, 1.54) is 6.92 Å². The van der Waals surface area contributed by atoms with Crippen LogP contribution in [0.2, 0.25) is 0 Å². The minimum Gasteiger partial charge on any atom is -0.379 e. The Morgan fingerprint density at radius 3 is 2.23 bits per heavy atom. The number of methoxy groups -OCH3 is 1. The van der Waals surface area contributed by atoms with Gasteiger partial charge in [-0.15, -0.1) is 0 Å². The van der Waals surface area contributed by atoms with Crippen molar-refractivity contribution >= 4 is 11.6 Å². The molecule has 0 bridgehead atoms. The number of hydrogen-bond donors (Lipinski definition) is 0. The summed E-state index contributed by atoms with van der Waals surface area (Å²) in [5, 5.41) is 0. The van der Waals surface area contributed by atoms with Crippen LogP contribution >= 0.6 is 0 Å². The molecule has 13 heavy (non-hydrogen) atoms. The second-order valence-electron chi connectivity index (χ2n) is 3.88. The highest BCUT2D eigenvalue weighted by Gasteiger charge is 2.18. The summed E-state index contributed by atoms with van der Waals surface area (Å²) in [7, 11) is 1.62. The quantitative estimate of drug-likeness (QED) is 0.593. The zero-order valence-corrected chi connectivity index (χ0v) is 8.85. The molecule has 0 atom stereocenters. The Morgan fingerprint density at radius 1 is 1.31 bits per heavy atom. The van der Waals surface area contributed by atoms with Crippen LogP contribution in [0.1, 0.15) is 40.0 Å². The van der Waals surface area contributed by atoms with Gasteiger partial charge in [0.1, 0.15) is 11.6 Å². The average Bonchev–Trinajstić information content (AvgIpc) is 2.00. The minimum absolute atomic E-state index is 0.00220. The zero-order chi connectivity index (χ0) is 10.5. The maximum Gasteiger partial charge on any atom is 0.140 e. The van der Waals surface area contributed by atoms with Crippen molar-refractivity contribution in [3.05, 3.63) is 0 Å².